The Balaban J connectivity index is 2.45. The predicted molar refractivity (Wildman–Crippen MR) is 92.1 cm³/mol. The van der Waals surface area contributed by atoms with Crippen molar-refractivity contribution in [3.05, 3.63) is 63.1 Å². The Morgan fingerprint density at radius 1 is 1.10 bits per heavy atom. The van der Waals surface area contributed by atoms with Crippen LogP contribution < -0.4 is 10.1 Å². The van der Waals surface area contributed by atoms with Gasteiger partial charge in [0.15, 0.2) is 0 Å². The SMILES string of the molecule is CCNC(c1ccc(Br)c(C)c1)c1ccc(OC)cc1C. The molecule has 0 amide bonds. The second-order valence-electron chi connectivity index (χ2n) is 5.22. The van der Waals surface area contributed by atoms with Crippen LogP contribution in [-0.2, 0) is 0 Å². The molecule has 112 valence electrons. The summed E-state index contributed by atoms with van der Waals surface area (Å²) in [5, 5.41) is 3.58. The highest BCUT2D eigenvalue weighted by Crippen LogP contribution is 2.29. The highest BCUT2D eigenvalue weighted by atomic mass is 79.9. The fourth-order valence-electron chi connectivity index (χ4n) is 2.56. The van der Waals surface area contributed by atoms with E-state index < -0.39 is 0 Å². The highest BCUT2D eigenvalue weighted by molar-refractivity contribution is 9.10. The molecule has 1 unspecified atom stereocenters. The lowest BCUT2D eigenvalue weighted by Crippen LogP contribution is -2.22. The molecule has 2 nitrogen and oxygen atoms in total. The van der Waals surface area contributed by atoms with Crippen molar-refractivity contribution < 1.29 is 4.74 Å². The molecule has 3 heteroatoms. The Bertz CT molecular complexity index is 625. The summed E-state index contributed by atoms with van der Waals surface area (Å²) in [6.07, 6.45) is 0. The topological polar surface area (TPSA) is 21.3 Å². The fourth-order valence-corrected chi connectivity index (χ4v) is 2.80. The van der Waals surface area contributed by atoms with E-state index in [-0.39, 0.29) is 6.04 Å². The van der Waals surface area contributed by atoms with E-state index in [2.05, 4.69) is 72.3 Å². The van der Waals surface area contributed by atoms with Crippen LogP contribution >= 0.6 is 15.9 Å². The van der Waals surface area contributed by atoms with Gasteiger partial charge in [-0.2, -0.15) is 0 Å². The number of halogens is 1. The van der Waals surface area contributed by atoms with Gasteiger partial charge in [-0.1, -0.05) is 41.1 Å². The van der Waals surface area contributed by atoms with E-state index in [4.69, 9.17) is 4.74 Å². The summed E-state index contributed by atoms with van der Waals surface area (Å²) in [4.78, 5) is 0. The van der Waals surface area contributed by atoms with E-state index in [1.807, 2.05) is 6.07 Å². The van der Waals surface area contributed by atoms with Crippen LogP contribution in [0.25, 0.3) is 0 Å². The predicted octanol–water partition coefficient (Wildman–Crippen LogP) is 4.77. The number of benzene rings is 2. The maximum absolute atomic E-state index is 5.30. The van der Waals surface area contributed by atoms with E-state index in [0.717, 1.165) is 16.8 Å². The zero-order valence-electron chi connectivity index (χ0n) is 13.0. The number of ether oxygens (including phenoxy) is 1. The normalized spacial score (nSPS) is 12.2. The van der Waals surface area contributed by atoms with Gasteiger partial charge >= 0.3 is 0 Å². The molecular formula is C18H22BrNO. The Morgan fingerprint density at radius 2 is 1.86 bits per heavy atom. The van der Waals surface area contributed by atoms with Gasteiger partial charge < -0.3 is 10.1 Å². The first-order chi connectivity index (χ1) is 10.1. The molecular weight excluding hydrogens is 326 g/mol. The second kappa shape index (κ2) is 7.10. The van der Waals surface area contributed by atoms with Crippen LogP contribution in [0.15, 0.2) is 40.9 Å². The Hall–Kier alpha value is -1.32. The molecule has 0 saturated carbocycles. The van der Waals surface area contributed by atoms with Crippen LogP contribution in [0.2, 0.25) is 0 Å². The zero-order chi connectivity index (χ0) is 15.4. The van der Waals surface area contributed by atoms with E-state index in [1.54, 1.807) is 7.11 Å². The van der Waals surface area contributed by atoms with Gasteiger partial charge in [0.2, 0.25) is 0 Å². The van der Waals surface area contributed by atoms with Gasteiger partial charge in [0.25, 0.3) is 0 Å². The maximum Gasteiger partial charge on any atom is 0.119 e. The monoisotopic (exact) mass is 347 g/mol. The van der Waals surface area contributed by atoms with Crippen molar-refractivity contribution in [1.82, 2.24) is 5.32 Å². The molecule has 1 atom stereocenters. The second-order valence-corrected chi connectivity index (χ2v) is 6.08. The quantitative estimate of drug-likeness (QED) is 0.840. The third-order valence-electron chi connectivity index (χ3n) is 3.71. The molecule has 2 rings (SSSR count). The molecule has 0 aromatic heterocycles. The summed E-state index contributed by atoms with van der Waals surface area (Å²) in [5.74, 6) is 0.901. The van der Waals surface area contributed by atoms with Gasteiger partial charge in [0, 0.05) is 4.47 Å². The third-order valence-corrected chi connectivity index (χ3v) is 4.60. The van der Waals surface area contributed by atoms with Crippen molar-refractivity contribution in [3.8, 4) is 5.75 Å². The fraction of sp³-hybridized carbons (Fsp3) is 0.333. The molecule has 2 aromatic carbocycles. The van der Waals surface area contributed by atoms with Crippen molar-refractivity contribution in [2.45, 2.75) is 26.8 Å². The summed E-state index contributed by atoms with van der Waals surface area (Å²) in [5.41, 5.74) is 5.06. The first-order valence-electron chi connectivity index (χ1n) is 7.20. The van der Waals surface area contributed by atoms with Crippen molar-refractivity contribution >= 4 is 15.9 Å². The Morgan fingerprint density at radius 3 is 2.43 bits per heavy atom. The Labute approximate surface area is 135 Å². The number of nitrogens with one attached hydrogen (secondary N) is 1. The van der Waals surface area contributed by atoms with Crippen molar-refractivity contribution in [3.63, 3.8) is 0 Å². The maximum atomic E-state index is 5.30. The lowest BCUT2D eigenvalue weighted by molar-refractivity contribution is 0.414. The van der Waals surface area contributed by atoms with Gasteiger partial charge in [-0.25, -0.2) is 0 Å². The van der Waals surface area contributed by atoms with E-state index in [0.29, 0.717) is 0 Å². The number of methoxy groups -OCH3 is 1. The molecule has 0 bridgehead atoms. The molecule has 0 aliphatic rings. The first kappa shape index (κ1) is 16.1. The van der Waals surface area contributed by atoms with Gasteiger partial charge in [-0.15, -0.1) is 0 Å². The average Bonchev–Trinajstić information content (AvgIpc) is 2.48. The van der Waals surface area contributed by atoms with Gasteiger partial charge in [-0.05, 0) is 60.8 Å². The number of aryl methyl sites for hydroxylation is 2. The Kier molecular flexibility index (Phi) is 5.43. The third kappa shape index (κ3) is 3.66. The summed E-state index contributed by atoms with van der Waals surface area (Å²) in [6, 6.07) is 13.0. The highest BCUT2D eigenvalue weighted by Gasteiger charge is 2.16. The number of rotatable bonds is 5. The first-order valence-corrected chi connectivity index (χ1v) is 8.00. The summed E-state index contributed by atoms with van der Waals surface area (Å²) >= 11 is 3.57. The minimum Gasteiger partial charge on any atom is -0.497 e. The van der Waals surface area contributed by atoms with Gasteiger partial charge in [0.1, 0.15) is 5.75 Å². The van der Waals surface area contributed by atoms with E-state index in [1.165, 1.54) is 22.3 Å². The molecule has 0 heterocycles. The van der Waals surface area contributed by atoms with Gasteiger partial charge in [-0.3, -0.25) is 0 Å². The lowest BCUT2D eigenvalue weighted by Gasteiger charge is -2.22. The van der Waals surface area contributed by atoms with Crippen LogP contribution in [0.3, 0.4) is 0 Å². The van der Waals surface area contributed by atoms with Crippen LogP contribution in [-0.4, -0.2) is 13.7 Å². The summed E-state index contributed by atoms with van der Waals surface area (Å²) in [6.45, 7) is 7.31. The molecule has 1 N–H and O–H groups in total. The molecule has 2 aromatic rings. The average molecular weight is 348 g/mol. The summed E-state index contributed by atoms with van der Waals surface area (Å²) in [7, 11) is 1.70. The molecule has 0 radical (unpaired) electrons. The molecule has 0 aliphatic heterocycles. The van der Waals surface area contributed by atoms with E-state index in [9.17, 15) is 0 Å². The van der Waals surface area contributed by atoms with Crippen molar-refractivity contribution in [2.24, 2.45) is 0 Å². The standard InChI is InChI=1S/C18H22BrNO/c1-5-20-18(14-6-9-17(19)13(3)10-14)16-8-7-15(21-4)11-12(16)2/h6-11,18,20H,5H2,1-4H3. The molecule has 0 spiro atoms. The lowest BCUT2D eigenvalue weighted by atomic mass is 9.94. The molecule has 21 heavy (non-hydrogen) atoms. The number of hydrogen-bond acceptors (Lipinski definition) is 2. The smallest absolute Gasteiger partial charge is 0.119 e. The van der Waals surface area contributed by atoms with E-state index >= 15 is 0 Å². The summed E-state index contributed by atoms with van der Waals surface area (Å²) < 4.78 is 6.45. The minimum absolute atomic E-state index is 0.202. The molecule has 0 fully saturated rings. The van der Waals surface area contributed by atoms with Crippen molar-refractivity contribution in [1.29, 1.82) is 0 Å². The largest absolute Gasteiger partial charge is 0.497 e. The minimum atomic E-state index is 0.202. The van der Waals surface area contributed by atoms with Gasteiger partial charge in [0.05, 0.1) is 13.2 Å². The van der Waals surface area contributed by atoms with Crippen LogP contribution in [0, 0.1) is 13.8 Å². The zero-order valence-corrected chi connectivity index (χ0v) is 14.6. The van der Waals surface area contributed by atoms with Crippen LogP contribution in [0.1, 0.15) is 35.2 Å². The molecule has 0 saturated heterocycles. The van der Waals surface area contributed by atoms with Crippen molar-refractivity contribution in [2.75, 3.05) is 13.7 Å². The number of hydrogen-bond donors (Lipinski definition) is 1. The molecule has 0 aliphatic carbocycles. The van der Waals surface area contributed by atoms with Crippen LogP contribution in [0.5, 0.6) is 5.75 Å². The van der Waals surface area contributed by atoms with Crippen LogP contribution in [0.4, 0.5) is 0 Å².